The van der Waals surface area contributed by atoms with Gasteiger partial charge in [-0.1, -0.05) is 30.0 Å². The summed E-state index contributed by atoms with van der Waals surface area (Å²) >= 11 is 1.08. The van der Waals surface area contributed by atoms with Crippen LogP contribution in [0.15, 0.2) is 58.5 Å². The molecular formula is C19H17N3O4S. The van der Waals surface area contributed by atoms with Crippen LogP contribution in [0, 0.1) is 0 Å². The molecule has 1 aromatic heterocycles. The number of carbonyl (C=O) groups is 2. The van der Waals surface area contributed by atoms with Crippen molar-refractivity contribution in [2.24, 2.45) is 5.73 Å². The Kier molecular flexibility index (Phi) is 5.27. The number of benzene rings is 2. The van der Waals surface area contributed by atoms with Gasteiger partial charge in [-0.05, 0) is 37.3 Å². The lowest BCUT2D eigenvalue weighted by Gasteiger charge is -2.15. The van der Waals surface area contributed by atoms with Gasteiger partial charge in [0, 0.05) is 0 Å². The van der Waals surface area contributed by atoms with E-state index < -0.39 is 17.1 Å². The summed E-state index contributed by atoms with van der Waals surface area (Å²) in [5, 5.41) is 0.0719. The number of para-hydroxylation sites is 1. The molecule has 27 heavy (non-hydrogen) atoms. The average molecular weight is 383 g/mol. The van der Waals surface area contributed by atoms with Crippen molar-refractivity contribution in [2.45, 2.75) is 17.3 Å². The van der Waals surface area contributed by atoms with E-state index in [0.717, 1.165) is 11.8 Å². The first-order valence-corrected chi connectivity index (χ1v) is 8.97. The summed E-state index contributed by atoms with van der Waals surface area (Å²) in [5.74, 6) is -1.04. The van der Waals surface area contributed by atoms with Gasteiger partial charge in [0.25, 0.3) is 5.56 Å². The van der Waals surface area contributed by atoms with E-state index in [9.17, 15) is 14.4 Å². The highest BCUT2D eigenvalue weighted by molar-refractivity contribution is 8.00. The van der Waals surface area contributed by atoms with Crippen molar-refractivity contribution in [3.8, 4) is 5.69 Å². The van der Waals surface area contributed by atoms with Crippen molar-refractivity contribution in [3.63, 3.8) is 0 Å². The minimum absolute atomic E-state index is 0.285. The zero-order chi connectivity index (χ0) is 19.6. The largest absolute Gasteiger partial charge is 0.465 e. The Morgan fingerprint density at radius 2 is 1.89 bits per heavy atom. The van der Waals surface area contributed by atoms with Crippen molar-refractivity contribution >= 4 is 34.5 Å². The smallest absolute Gasteiger partial charge is 0.337 e. The summed E-state index contributed by atoms with van der Waals surface area (Å²) in [6.45, 7) is 1.64. The molecule has 1 atom stereocenters. The third kappa shape index (κ3) is 3.70. The van der Waals surface area contributed by atoms with Gasteiger partial charge in [-0.2, -0.15) is 0 Å². The Bertz CT molecular complexity index is 1080. The summed E-state index contributed by atoms with van der Waals surface area (Å²) in [5.41, 5.74) is 6.31. The highest BCUT2D eigenvalue weighted by Crippen LogP contribution is 2.25. The van der Waals surface area contributed by atoms with Gasteiger partial charge in [0.05, 0.1) is 34.5 Å². The van der Waals surface area contributed by atoms with Crippen molar-refractivity contribution in [1.82, 2.24) is 9.55 Å². The van der Waals surface area contributed by atoms with Crippen molar-refractivity contribution in [3.05, 3.63) is 64.4 Å². The molecule has 0 saturated carbocycles. The van der Waals surface area contributed by atoms with Crippen LogP contribution in [0.1, 0.15) is 17.3 Å². The molecule has 2 N–H and O–H groups in total. The number of hydrogen-bond donors (Lipinski definition) is 1. The average Bonchev–Trinajstić information content (AvgIpc) is 2.67. The van der Waals surface area contributed by atoms with Crippen LogP contribution in [-0.2, 0) is 9.53 Å². The number of hydrogen-bond acceptors (Lipinski definition) is 6. The summed E-state index contributed by atoms with van der Waals surface area (Å²) in [6, 6.07) is 13.6. The molecule has 8 heteroatoms. The van der Waals surface area contributed by atoms with Crippen molar-refractivity contribution in [2.75, 3.05) is 7.11 Å². The van der Waals surface area contributed by atoms with Crippen molar-refractivity contribution in [1.29, 1.82) is 0 Å². The van der Waals surface area contributed by atoms with Gasteiger partial charge in [-0.15, -0.1) is 0 Å². The summed E-state index contributed by atoms with van der Waals surface area (Å²) < 4.78 is 6.15. The van der Waals surface area contributed by atoms with Crippen LogP contribution in [-0.4, -0.2) is 33.8 Å². The van der Waals surface area contributed by atoms with E-state index in [2.05, 4.69) is 4.98 Å². The number of nitrogens with two attached hydrogens (primary N) is 1. The molecule has 3 rings (SSSR count). The van der Waals surface area contributed by atoms with Gasteiger partial charge in [0.1, 0.15) is 0 Å². The first-order chi connectivity index (χ1) is 12.9. The Balaban J connectivity index is 2.27. The lowest BCUT2D eigenvalue weighted by atomic mass is 10.1. The third-order valence-electron chi connectivity index (χ3n) is 3.96. The molecule has 7 nitrogen and oxygen atoms in total. The van der Waals surface area contributed by atoms with Gasteiger partial charge in [0.2, 0.25) is 5.91 Å². The van der Waals surface area contributed by atoms with Gasteiger partial charge in [0.15, 0.2) is 5.16 Å². The quantitative estimate of drug-likeness (QED) is 0.411. The monoisotopic (exact) mass is 383 g/mol. The van der Waals surface area contributed by atoms with E-state index in [-0.39, 0.29) is 11.1 Å². The number of fused-ring (bicyclic) bond motifs is 1. The predicted molar refractivity (Wildman–Crippen MR) is 103 cm³/mol. The molecule has 0 bridgehead atoms. The van der Waals surface area contributed by atoms with Gasteiger partial charge in [-0.3, -0.25) is 14.2 Å². The molecule has 0 fully saturated rings. The van der Waals surface area contributed by atoms with Crippen LogP contribution in [0.5, 0.6) is 0 Å². The van der Waals surface area contributed by atoms with Gasteiger partial charge < -0.3 is 10.5 Å². The van der Waals surface area contributed by atoms with Crippen LogP contribution in [0.25, 0.3) is 16.6 Å². The molecule has 0 spiro atoms. The molecule has 3 aromatic rings. The van der Waals surface area contributed by atoms with E-state index in [0.29, 0.717) is 21.7 Å². The molecule has 0 aliphatic heterocycles. The van der Waals surface area contributed by atoms with Gasteiger partial charge in [-0.25, -0.2) is 9.78 Å². The van der Waals surface area contributed by atoms with E-state index >= 15 is 0 Å². The highest BCUT2D eigenvalue weighted by atomic mass is 32.2. The Hall–Kier alpha value is -3.13. The highest BCUT2D eigenvalue weighted by Gasteiger charge is 2.19. The second kappa shape index (κ2) is 7.63. The number of carbonyl (C=O) groups excluding carboxylic acids is 2. The summed E-state index contributed by atoms with van der Waals surface area (Å²) in [4.78, 5) is 40.9. The Morgan fingerprint density at radius 1 is 1.19 bits per heavy atom. The molecule has 0 aliphatic carbocycles. The zero-order valence-electron chi connectivity index (χ0n) is 14.7. The number of amides is 1. The lowest BCUT2D eigenvalue weighted by molar-refractivity contribution is -0.117. The van der Waals surface area contributed by atoms with Gasteiger partial charge >= 0.3 is 5.97 Å². The van der Waals surface area contributed by atoms with E-state index in [4.69, 9.17) is 10.5 Å². The molecule has 0 aliphatic rings. The number of primary amides is 1. The van der Waals surface area contributed by atoms with Crippen molar-refractivity contribution < 1.29 is 14.3 Å². The number of ether oxygens (including phenoxy) is 1. The first-order valence-electron chi connectivity index (χ1n) is 8.09. The number of nitrogens with zero attached hydrogens (tertiary/aromatic N) is 2. The zero-order valence-corrected chi connectivity index (χ0v) is 15.5. The molecule has 0 saturated heterocycles. The molecule has 2 aromatic carbocycles. The summed E-state index contributed by atoms with van der Waals surface area (Å²) in [6.07, 6.45) is 0. The number of rotatable bonds is 5. The van der Waals surface area contributed by atoms with Crippen LogP contribution in [0.2, 0.25) is 0 Å². The molecule has 138 valence electrons. The minimum atomic E-state index is -0.590. The van der Waals surface area contributed by atoms with E-state index in [1.54, 1.807) is 37.3 Å². The minimum Gasteiger partial charge on any atom is -0.465 e. The lowest BCUT2D eigenvalue weighted by Crippen LogP contribution is -2.26. The number of aromatic nitrogens is 2. The standard InChI is InChI=1S/C19H17N3O4S/c1-11(16(20)23)27-19-21-15-10-12(18(25)26-2)8-9-14(15)17(24)22(19)13-6-4-3-5-7-13/h3-11H,1-2H3,(H2,20,23)/t11-/m0/s1. The number of methoxy groups -OCH3 is 1. The predicted octanol–water partition coefficient (Wildman–Crippen LogP) is 2.14. The maximum Gasteiger partial charge on any atom is 0.337 e. The molecule has 0 radical (unpaired) electrons. The van der Waals surface area contributed by atoms with Crippen LogP contribution in [0.4, 0.5) is 0 Å². The molecule has 1 heterocycles. The first kappa shape index (κ1) is 18.7. The topological polar surface area (TPSA) is 104 Å². The van der Waals surface area contributed by atoms with Crippen LogP contribution < -0.4 is 11.3 Å². The van der Waals surface area contributed by atoms with Crippen LogP contribution >= 0.6 is 11.8 Å². The number of thioether (sulfide) groups is 1. The third-order valence-corrected chi connectivity index (χ3v) is 5.03. The normalized spacial score (nSPS) is 11.9. The maximum atomic E-state index is 13.1. The molecular weight excluding hydrogens is 366 g/mol. The number of esters is 1. The molecule has 1 amide bonds. The summed E-state index contributed by atoms with van der Waals surface area (Å²) in [7, 11) is 1.28. The fourth-order valence-corrected chi connectivity index (χ4v) is 3.39. The molecule has 0 unspecified atom stereocenters. The fraction of sp³-hybridized carbons (Fsp3) is 0.158. The Morgan fingerprint density at radius 3 is 2.52 bits per heavy atom. The SMILES string of the molecule is COC(=O)c1ccc2c(=O)n(-c3ccccc3)c(S[C@@H](C)C(N)=O)nc2c1. The van der Waals surface area contributed by atoms with Crippen LogP contribution in [0.3, 0.4) is 0 Å². The fourth-order valence-electron chi connectivity index (χ4n) is 2.51. The second-order valence-electron chi connectivity index (χ2n) is 5.76. The maximum absolute atomic E-state index is 13.1. The van der Waals surface area contributed by atoms with E-state index in [1.165, 1.54) is 23.8 Å². The second-order valence-corrected chi connectivity index (χ2v) is 7.06. The Labute approximate surface area is 159 Å². The van der Waals surface area contributed by atoms with E-state index in [1.807, 2.05) is 6.07 Å².